The zero-order chi connectivity index (χ0) is 13.7. The quantitative estimate of drug-likeness (QED) is 0.663. The van der Waals surface area contributed by atoms with E-state index in [4.69, 9.17) is 9.47 Å². The van der Waals surface area contributed by atoms with Crippen molar-refractivity contribution in [3.63, 3.8) is 0 Å². The van der Waals surface area contributed by atoms with Crippen molar-refractivity contribution in [2.24, 2.45) is 17.3 Å². The second-order valence-corrected chi connectivity index (χ2v) is 7.02. The Bertz CT molecular complexity index is 417. The normalized spacial score (nSPS) is 40.9. The number of hydrogen-bond acceptors (Lipinski definition) is 2. The molecule has 2 nitrogen and oxygen atoms in total. The van der Waals surface area contributed by atoms with Crippen molar-refractivity contribution in [2.75, 3.05) is 13.2 Å². The van der Waals surface area contributed by atoms with Gasteiger partial charge in [0.05, 0.1) is 13.2 Å². The Morgan fingerprint density at radius 2 is 2.00 bits per heavy atom. The molecule has 0 radical (unpaired) electrons. The van der Waals surface area contributed by atoms with Gasteiger partial charge in [-0.2, -0.15) is 0 Å². The largest absolute Gasteiger partial charge is 0.347 e. The highest BCUT2D eigenvalue weighted by Crippen LogP contribution is 2.56. The smallest absolute Gasteiger partial charge is 0.172 e. The molecule has 0 N–H and O–H groups in total. The molecule has 106 valence electrons. The van der Waals surface area contributed by atoms with E-state index in [1.165, 1.54) is 12.0 Å². The van der Waals surface area contributed by atoms with Crippen LogP contribution in [0.2, 0.25) is 0 Å². The molecule has 1 heterocycles. The number of fused-ring (bicyclic) bond motifs is 1. The second-order valence-electron chi connectivity index (χ2n) is 7.02. The Labute approximate surface area is 116 Å². The lowest BCUT2D eigenvalue weighted by atomic mass is 9.56. The minimum Gasteiger partial charge on any atom is -0.347 e. The van der Waals surface area contributed by atoms with Crippen LogP contribution in [-0.4, -0.2) is 19.0 Å². The van der Waals surface area contributed by atoms with Crippen LogP contribution in [0, 0.1) is 17.3 Å². The van der Waals surface area contributed by atoms with Gasteiger partial charge in [0.25, 0.3) is 0 Å². The summed E-state index contributed by atoms with van der Waals surface area (Å²) >= 11 is 0. The van der Waals surface area contributed by atoms with Gasteiger partial charge in [-0.1, -0.05) is 37.6 Å². The summed E-state index contributed by atoms with van der Waals surface area (Å²) in [7, 11) is 0. The van der Waals surface area contributed by atoms with Crippen molar-refractivity contribution in [3.05, 3.63) is 23.8 Å². The van der Waals surface area contributed by atoms with E-state index in [0.717, 1.165) is 32.5 Å². The van der Waals surface area contributed by atoms with E-state index in [1.54, 1.807) is 5.57 Å². The minimum absolute atomic E-state index is 0.305. The SMILES string of the molecule is C=C(C)[C@@H]1CC=C2CC3(C[C@@H](C)[C@]2(C)C1)OCCO3. The van der Waals surface area contributed by atoms with Gasteiger partial charge in [0.15, 0.2) is 5.79 Å². The molecule has 0 aromatic rings. The molecule has 2 fully saturated rings. The molecule has 0 bridgehead atoms. The maximum atomic E-state index is 5.94. The first-order chi connectivity index (χ1) is 8.95. The van der Waals surface area contributed by atoms with Crippen LogP contribution in [0.25, 0.3) is 0 Å². The van der Waals surface area contributed by atoms with Crippen molar-refractivity contribution in [2.45, 2.75) is 52.2 Å². The monoisotopic (exact) mass is 262 g/mol. The van der Waals surface area contributed by atoms with Gasteiger partial charge in [0.1, 0.15) is 0 Å². The molecule has 0 aromatic heterocycles. The third kappa shape index (κ3) is 2.09. The molecular formula is C17H26O2. The maximum absolute atomic E-state index is 5.94. The third-order valence-corrected chi connectivity index (χ3v) is 5.73. The third-order valence-electron chi connectivity index (χ3n) is 5.73. The molecule has 1 aliphatic heterocycles. The zero-order valence-corrected chi connectivity index (χ0v) is 12.5. The van der Waals surface area contributed by atoms with Gasteiger partial charge in [0, 0.05) is 12.8 Å². The Kier molecular flexibility index (Phi) is 3.14. The van der Waals surface area contributed by atoms with Crippen molar-refractivity contribution in [3.8, 4) is 0 Å². The van der Waals surface area contributed by atoms with Crippen molar-refractivity contribution >= 4 is 0 Å². The average Bonchev–Trinajstić information content (AvgIpc) is 2.79. The van der Waals surface area contributed by atoms with Gasteiger partial charge in [0.2, 0.25) is 0 Å². The summed E-state index contributed by atoms with van der Waals surface area (Å²) in [6.07, 6.45) is 6.83. The molecule has 19 heavy (non-hydrogen) atoms. The fourth-order valence-corrected chi connectivity index (χ4v) is 4.18. The number of allylic oxidation sites excluding steroid dienone is 2. The molecule has 2 heteroatoms. The van der Waals surface area contributed by atoms with Crippen LogP contribution >= 0.6 is 0 Å². The van der Waals surface area contributed by atoms with Gasteiger partial charge in [-0.15, -0.1) is 0 Å². The summed E-state index contributed by atoms with van der Waals surface area (Å²) in [6, 6.07) is 0. The second kappa shape index (κ2) is 4.46. The summed E-state index contributed by atoms with van der Waals surface area (Å²) in [4.78, 5) is 0. The predicted octanol–water partition coefficient (Wildman–Crippen LogP) is 4.08. The topological polar surface area (TPSA) is 18.5 Å². The van der Waals surface area contributed by atoms with Crippen LogP contribution in [0.3, 0.4) is 0 Å². The van der Waals surface area contributed by atoms with Crippen LogP contribution in [0.1, 0.15) is 46.5 Å². The molecular weight excluding hydrogens is 236 g/mol. The van der Waals surface area contributed by atoms with Crippen molar-refractivity contribution in [1.82, 2.24) is 0 Å². The van der Waals surface area contributed by atoms with Crippen molar-refractivity contribution in [1.29, 1.82) is 0 Å². The molecule has 3 aliphatic rings. The molecule has 3 atom stereocenters. The number of ether oxygens (including phenoxy) is 2. The Balaban J connectivity index is 1.89. The minimum atomic E-state index is -0.305. The molecule has 2 aliphatic carbocycles. The summed E-state index contributed by atoms with van der Waals surface area (Å²) < 4.78 is 11.9. The van der Waals surface area contributed by atoms with Gasteiger partial charge in [-0.3, -0.25) is 0 Å². The Hall–Kier alpha value is -0.600. The van der Waals surface area contributed by atoms with Crippen LogP contribution in [-0.2, 0) is 9.47 Å². The fraction of sp³-hybridized carbons (Fsp3) is 0.765. The highest BCUT2D eigenvalue weighted by molar-refractivity contribution is 5.26. The summed E-state index contributed by atoms with van der Waals surface area (Å²) in [6.45, 7) is 12.6. The molecule has 1 saturated heterocycles. The predicted molar refractivity (Wildman–Crippen MR) is 76.8 cm³/mol. The van der Waals surface area contributed by atoms with Crippen LogP contribution < -0.4 is 0 Å². The first kappa shape index (κ1) is 13.4. The van der Waals surface area contributed by atoms with Gasteiger partial charge < -0.3 is 9.47 Å². The zero-order valence-electron chi connectivity index (χ0n) is 12.5. The summed E-state index contributed by atoms with van der Waals surface area (Å²) in [5.74, 6) is 0.948. The first-order valence-electron chi connectivity index (χ1n) is 7.58. The van der Waals surface area contributed by atoms with Gasteiger partial charge >= 0.3 is 0 Å². The first-order valence-corrected chi connectivity index (χ1v) is 7.58. The van der Waals surface area contributed by atoms with Crippen LogP contribution in [0.4, 0.5) is 0 Å². The molecule has 3 rings (SSSR count). The molecule has 0 amide bonds. The highest BCUT2D eigenvalue weighted by atomic mass is 16.7. The van der Waals surface area contributed by atoms with E-state index in [2.05, 4.69) is 33.4 Å². The van der Waals surface area contributed by atoms with Crippen LogP contribution in [0.5, 0.6) is 0 Å². The molecule has 0 unspecified atom stereocenters. The fourth-order valence-electron chi connectivity index (χ4n) is 4.18. The van der Waals surface area contributed by atoms with Crippen LogP contribution in [0.15, 0.2) is 23.8 Å². The summed E-state index contributed by atoms with van der Waals surface area (Å²) in [5.41, 5.74) is 3.20. The van der Waals surface area contributed by atoms with Gasteiger partial charge in [-0.05, 0) is 37.0 Å². The van der Waals surface area contributed by atoms with E-state index in [9.17, 15) is 0 Å². The van der Waals surface area contributed by atoms with Gasteiger partial charge in [-0.25, -0.2) is 0 Å². The maximum Gasteiger partial charge on any atom is 0.172 e. The van der Waals surface area contributed by atoms with E-state index in [-0.39, 0.29) is 5.79 Å². The Morgan fingerprint density at radius 1 is 1.32 bits per heavy atom. The van der Waals surface area contributed by atoms with E-state index >= 15 is 0 Å². The van der Waals surface area contributed by atoms with Crippen molar-refractivity contribution < 1.29 is 9.47 Å². The highest BCUT2D eigenvalue weighted by Gasteiger charge is 2.52. The lowest BCUT2D eigenvalue weighted by Crippen LogP contribution is -2.47. The lowest BCUT2D eigenvalue weighted by molar-refractivity contribution is -0.190. The van der Waals surface area contributed by atoms with E-state index in [1.807, 2.05) is 0 Å². The number of rotatable bonds is 1. The van der Waals surface area contributed by atoms with E-state index < -0.39 is 0 Å². The summed E-state index contributed by atoms with van der Waals surface area (Å²) in [5, 5.41) is 0. The Morgan fingerprint density at radius 3 is 2.63 bits per heavy atom. The molecule has 0 aromatic carbocycles. The lowest BCUT2D eigenvalue weighted by Gasteiger charge is -2.51. The average molecular weight is 262 g/mol. The standard InChI is InChI=1S/C17H26O2/c1-12(2)14-5-6-15-11-17(18-7-8-19-17)9-13(3)16(15,4)10-14/h6,13-14H,1,5,7-11H2,2-4H3/t13-,14-,16+/m1/s1. The number of hydrogen-bond donors (Lipinski definition) is 0. The molecule has 1 spiro atoms. The molecule has 1 saturated carbocycles. The van der Waals surface area contributed by atoms with E-state index in [0.29, 0.717) is 17.3 Å².